The van der Waals surface area contributed by atoms with Gasteiger partial charge in [0.1, 0.15) is 5.76 Å². The van der Waals surface area contributed by atoms with Crippen molar-refractivity contribution in [2.45, 2.75) is 20.3 Å². The molecule has 0 aliphatic heterocycles. The van der Waals surface area contributed by atoms with E-state index < -0.39 is 0 Å². The molecule has 0 aliphatic rings. The number of rotatable bonds is 4. The number of nitrogens with zero attached hydrogens (tertiary/aromatic N) is 1. The first-order valence-corrected chi connectivity index (χ1v) is 6.41. The molecule has 0 atom stereocenters. The average molecular weight is 279 g/mol. The van der Waals surface area contributed by atoms with E-state index in [1.807, 2.05) is 31.2 Å². The largest absolute Gasteiger partial charge is 0.361 e. The molecule has 0 spiro atoms. The quantitative estimate of drug-likeness (QED) is 0.935. The summed E-state index contributed by atoms with van der Waals surface area (Å²) in [6, 6.07) is 7.56. The molecule has 1 aromatic carbocycles. The van der Waals surface area contributed by atoms with Crippen molar-refractivity contribution in [2.75, 3.05) is 6.54 Å². The van der Waals surface area contributed by atoms with Gasteiger partial charge in [-0.05, 0) is 38.0 Å². The molecule has 0 saturated heterocycles. The Morgan fingerprint density at radius 1 is 1.32 bits per heavy atom. The number of benzene rings is 1. The van der Waals surface area contributed by atoms with Crippen LogP contribution in [0.15, 0.2) is 28.8 Å². The lowest BCUT2D eigenvalue weighted by molar-refractivity contribution is 0.0944. The molecule has 0 unspecified atom stereocenters. The van der Waals surface area contributed by atoms with Crippen LogP contribution in [0.4, 0.5) is 0 Å². The number of aromatic nitrogens is 1. The zero-order valence-electron chi connectivity index (χ0n) is 10.9. The summed E-state index contributed by atoms with van der Waals surface area (Å²) < 4.78 is 4.97. The van der Waals surface area contributed by atoms with Gasteiger partial charge in [0.25, 0.3) is 5.91 Å². The van der Waals surface area contributed by atoms with Crippen molar-refractivity contribution in [3.63, 3.8) is 0 Å². The molecule has 4 nitrogen and oxygen atoms in total. The molecule has 1 heterocycles. The lowest BCUT2D eigenvalue weighted by Gasteiger charge is -2.04. The summed E-state index contributed by atoms with van der Waals surface area (Å²) in [5, 5.41) is 7.28. The van der Waals surface area contributed by atoms with Crippen LogP contribution in [0.3, 0.4) is 0 Å². The second-order valence-corrected chi connectivity index (χ2v) is 4.78. The van der Waals surface area contributed by atoms with Gasteiger partial charge >= 0.3 is 0 Å². The fourth-order valence-corrected chi connectivity index (χ4v) is 1.81. The standard InChI is InChI=1S/C14H15ClN2O2/c1-9-10(2)19-17-13(9)14(18)16-8-7-11-3-5-12(15)6-4-11/h3-6H,7-8H2,1-2H3,(H,16,18). The van der Waals surface area contributed by atoms with Crippen LogP contribution in [0.1, 0.15) is 27.4 Å². The molecule has 0 bridgehead atoms. The highest BCUT2D eigenvalue weighted by Gasteiger charge is 2.15. The number of nitrogens with one attached hydrogen (secondary N) is 1. The highest BCUT2D eigenvalue weighted by molar-refractivity contribution is 6.30. The molecule has 100 valence electrons. The predicted molar refractivity (Wildman–Crippen MR) is 73.5 cm³/mol. The molecule has 2 aromatic rings. The minimum atomic E-state index is -0.205. The zero-order valence-corrected chi connectivity index (χ0v) is 11.6. The van der Waals surface area contributed by atoms with E-state index in [0.717, 1.165) is 17.5 Å². The van der Waals surface area contributed by atoms with Crippen LogP contribution in [0.25, 0.3) is 0 Å². The molecular weight excluding hydrogens is 264 g/mol. The van der Waals surface area contributed by atoms with Crippen molar-refractivity contribution in [2.24, 2.45) is 0 Å². The van der Waals surface area contributed by atoms with Crippen molar-refractivity contribution in [3.8, 4) is 0 Å². The van der Waals surface area contributed by atoms with Crippen LogP contribution in [0.2, 0.25) is 5.02 Å². The Morgan fingerprint density at radius 3 is 2.58 bits per heavy atom. The molecule has 1 N–H and O–H groups in total. The average Bonchev–Trinajstić information content (AvgIpc) is 2.72. The van der Waals surface area contributed by atoms with Crippen LogP contribution in [-0.4, -0.2) is 17.6 Å². The molecule has 19 heavy (non-hydrogen) atoms. The summed E-state index contributed by atoms with van der Waals surface area (Å²) in [6.07, 6.45) is 0.749. The smallest absolute Gasteiger partial charge is 0.273 e. The summed E-state index contributed by atoms with van der Waals surface area (Å²) in [5.74, 6) is 0.464. The predicted octanol–water partition coefficient (Wildman–Crippen LogP) is 2.92. The highest BCUT2D eigenvalue weighted by Crippen LogP contribution is 2.11. The molecule has 0 fully saturated rings. The molecule has 1 amide bonds. The Kier molecular flexibility index (Phi) is 4.22. The Morgan fingerprint density at radius 2 is 2.00 bits per heavy atom. The van der Waals surface area contributed by atoms with E-state index in [1.165, 1.54) is 0 Å². The first kappa shape index (κ1) is 13.6. The van der Waals surface area contributed by atoms with Crippen molar-refractivity contribution in [1.82, 2.24) is 10.5 Å². The monoisotopic (exact) mass is 278 g/mol. The molecule has 1 aromatic heterocycles. The Hall–Kier alpha value is -1.81. The summed E-state index contributed by atoms with van der Waals surface area (Å²) in [7, 11) is 0. The maximum absolute atomic E-state index is 11.9. The van der Waals surface area contributed by atoms with E-state index in [4.69, 9.17) is 16.1 Å². The first-order valence-electron chi connectivity index (χ1n) is 6.03. The Labute approximate surface area is 116 Å². The van der Waals surface area contributed by atoms with Crippen LogP contribution in [0, 0.1) is 13.8 Å². The maximum atomic E-state index is 11.9. The van der Waals surface area contributed by atoms with Gasteiger partial charge in [-0.1, -0.05) is 28.9 Å². The van der Waals surface area contributed by atoms with Gasteiger partial charge in [0.15, 0.2) is 5.69 Å². The van der Waals surface area contributed by atoms with E-state index in [9.17, 15) is 4.79 Å². The first-order chi connectivity index (χ1) is 9.08. The van der Waals surface area contributed by atoms with Gasteiger partial charge in [-0.3, -0.25) is 4.79 Å². The number of halogens is 1. The molecule has 0 saturated carbocycles. The number of hydrogen-bond acceptors (Lipinski definition) is 3. The van der Waals surface area contributed by atoms with Crippen molar-refractivity contribution in [3.05, 3.63) is 51.9 Å². The van der Waals surface area contributed by atoms with Crippen molar-refractivity contribution in [1.29, 1.82) is 0 Å². The second kappa shape index (κ2) is 5.89. The fraction of sp³-hybridized carbons (Fsp3) is 0.286. The highest BCUT2D eigenvalue weighted by atomic mass is 35.5. The van der Waals surface area contributed by atoms with Crippen molar-refractivity contribution < 1.29 is 9.32 Å². The van der Waals surface area contributed by atoms with Crippen LogP contribution in [-0.2, 0) is 6.42 Å². The summed E-state index contributed by atoms with van der Waals surface area (Å²) in [6.45, 7) is 4.15. The molecule has 2 rings (SSSR count). The SMILES string of the molecule is Cc1onc(C(=O)NCCc2ccc(Cl)cc2)c1C. The van der Waals surface area contributed by atoms with Crippen molar-refractivity contribution >= 4 is 17.5 Å². The number of aryl methyl sites for hydroxylation is 1. The van der Waals surface area contributed by atoms with E-state index >= 15 is 0 Å². The minimum Gasteiger partial charge on any atom is -0.361 e. The summed E-state index contributed by atoms with van der Waals surface area (Å²) in [5.41, 5.74) is 2.26. The molecular formula is C14H15ClN2O2. The minimum absolute atomic E-state index is 0.205. The Balaban J connectivity index is 1.87. The fourth-order valence-electron chi connectivity index (χ4n) is 1.68. The van der Waals surface area contributed by atoms with E-state index in [-0.39, 0.29) is 5.91 Å². The normalized spacial score (nSPS) is 10.5. The van der Waals surface area contributed by atoms with E-state index in [2.05, 4.69) is 10.5 Å². The molecule has 0 radical (unpaired) electrons. The molecule has 5 heteroatoms. The van der Waals surface area contributed by atoms with Gasteiger partial charge in [0.2, 0.25) is 0 Å². The lowest BCUT2D eigenvalue weighted by Crippen LogP contribution is -2.26. The van der Waals surface area contributed by atoms with Gasteiger partial charge in [0.05, 0.1) is 0 Å². The molecule has 0 aliphatic carbocycles. The zero-order chi connectivity index (χ0) is 13.8. The third kappa shape index (κ3) is 3.35. The lowest BCUT2D eigenvalue weighted by atomic mass is 10.1. The van der Waals surface area contributed by atoms with Gasteiger partial charge in [-0.2, -0.15) is 0 Å². The third-order valence-corrected chi connectivity index (χ3v) is 3.24. The van der Waals surface area contributed by atoms with Crippen LogP contribution < -0.4 is 5.32 Å². The van der Waals surface area contributed by atoms with E-state index in [0.29, 0.717) is 23.0 Å². The number of hydrogen-bond donors (Lipinski definition) is 1. The van der Waals surface area contributed by atoms with E-state index in [1.54, 1.807) is 6.92 Å². The van der Waals surface area contributed by atoms with Gasteiger partial charge < -0.3 is 9.84 Å². The van der Waals surface area contributed by atoms with Gasteiger partial charge in [0, 0.05) is 17.1 Å². The number of carbonyl (C=O) groups excluding carboxylic acids is 1. The summed E-state index contributed by atoms with van der Waals surface area (Å²) >= 11 is 5.81. The number of amides is 1. The second-order valence-electron chi connectivity index (χ2n) is 4.34. The van der Waals surface area contributed by atoms with Crippen LogP contribution in [0.5, 0.6) is 0 Å². The maximum Gasteiger partial charge on any atom is 0.273 e. The third-order valence-electron chi connectivity index (χ3n) is 2.98. The van der Waals surface area contributed by atoms with Gasteiger partial charge in [-0.15, -0.1) is 0 Å². The van der Waals surface area contributed by atoms with Crippen LogP contribution >= 0.6 is 11.6 Å². The summed E-state index contributed by atoms with van der Waals surface area (Å²) in [4.78, 5) is 11.9. The topological polar surface area (TPSA) is 55.1 Å². The Bertz CT molecular complexity index is 576. The van der Waals surface area contributed by atoms with Gasteiger partial charge in [-0.25, -0.2) is 0 Å². The number of carbonyl (C=O) groups is 1.